The Morgan fingerprint density at radius 3 is 2.77 bits per heavy atom. The molecule has 0 saturated carbocycles. The fourth-order valence-corrected chi connectivity index (χ4v) is 3.63. The molecule has 0 unspecified atom stereocenters. The summed E-state index contributed by atoms with van der Waals surface area (Å²) in [4.78, 5) is 19.0. The number of aromatic nitrogens is 1. The molecule has 22 heavy (non-hydrogen) atoms. The number of thiocarbonyl (C=S) groups is 1. The molecule has 0 spiro atoms. The molecule has 0 bridgehead atoms. The Morgan fingerprint density at radius 1 is 1.27 bits per heavy atom. The molecular formula is C17H14N2OS2. The summed E-state index contributed by atoms with van der Waals surface area (Å²) in [7, 11) is 0. The smallest absolute Gasteiger partial charge is 0.268 e. The Hall–Kier alpha value is -1.98. The highest BCUT2D eigenvalue weighted by Gasteiger charge is 2.33. The standard InChI is InChI=1S/C17H14N2OS2/c1-11-5-6-14(12(2)8-11)19-16(20)15(22-17(19)21)9-13-4-3-7-18-10-13/h3-10H,1-2H3/b15-9-. The lowest BCUT2D eigenvalue weighted by Gasteiger charge is -2.17. The van der Waals surface area contributed by atoms with Gasteiger partial charge in [-0.2, -0.15) is 0 Å². The predicted molar refractivity (Wildman–Crippen MR) is 95.8 cm³/mol. The lowest BCUT2D eigenvalue weighted by molar-refractivity contribution is -0.113. The maximum absolute atomic E-state index is 12.7. The van der Waals surface area contributed by atoms with Crippen LogP contribution < -0.4 is 4.90 Å². The van der Waals surface area contributed by atoms with Crippen molar-refractivity contribution in [3.63, 3.8) is 0 Å². The van der Waals surface area contributed by atoms with Crippen LogP contribution >= 0.6 is 24.0 Å². The van der Waals surface area contributed by atoms with Gasteiger partial charge in [0.05, 0.1) is 10.6 Å². The number of benzene rings is 1. The van der Waals surface area contributed by atoms with Gasteiger partial charge in [-0.25, -0.2) is 0 Å². The predicted octanol–water partition coefficient (Wildman–Crippen LogP) is 4.10. The van der Waals surface area contributed by atoms with E-state index in [1.54, 1.807) is 17.3 Å². The molecule has 2 heterocycles. The third kappa shape index (κ3) is 2.82. The summed E-state index contributed by atoms with van der Waals surface area (Å²) in [6.45, 7) is 4.02. The molecular weight excluding hydrogens is 312 g/mol. The number of pyridine rings is 1. The highest BCUT2D eigenvalue weighted by atomic mass is 32.2. The molecule has 0 N–H and O–H groups in total. The van der Waals surface area contributed by atoms with Crippen LogP contribution in [0.4, 0.5) is 5.69 Å². The first-order valence-corrected chi connectivity index (χ1v) is 8.04. The van der Waals surface area contributed by atoms with Crippen molar-refractivity contribution in [1.82, 2.24) is 4.98 Å². The van der Waals surface area contributed by atoms with E-state index in [0.717, 1.165) is 22.4 Å². The first-order valence-electron chi connectivity index (χ1n) is 6.81. The molecule has 1 aliphatic rings. The molecule has 0 aliphatic carbocycles. The largest absolute Gasteiger partial charge is 0.270 e. The Kier molecular flexibility index (Phi) is 4.09. The molecule has 1 aliphatic heterocycles. The normalized spacial score (nSPS) is 16.6. The summed E-state index contributed by atoms with van der Waals surface area (Å²) >= 11 is 6.72. The molecule has 1 aromatic carbocycles. The molecule has 0 radical (unpaired) electrons. The summed E-state index contributed by atoms with van der Waals surface area (Å²) in [6.07, 6.45) is 5.26. The zero-order valence-electron chi connectivity index (χ0n) is 12.2. The summed E-state index contributed by atoms with van der Waals surface area (Å²) < 4.78 is 0.562. The first-order chi connectivity index (χ1) is 10.6. The van der Waals surface area contributed by atoms with E-state index in [4.69, 9.17) is 12.2 Å². The highest BCUT2D eigenvalue weighted by molar-refractivity contribution is 8.27. The Balaban J connectivity index is 1.97. The third-order valence-corrected chi connectivity index (χ3v) is 4.67. The quantitative estimate of drug-likeness (QED) is 0.614. The average molecular weight is 326 g/mol. The maximum atomic E-state index is 12.7. The monoisotopic (exact) mass is 326 g/mol. The van der Waals surface area contributed by atoms with Crippen LogP contribution in [0, 0.1) is 13.8 Å². The van der Waals surface area contributed by atoms with E-state index in [2.05, 4.69) is 11.1 Å². The van der Waals surface area contributed by atoms with Crippen molar-refractivity contribution in [2.75, 3.05) is 4.90 Å². The number of carbonyl (C=O) groups excluding carboxylic acids is 1. The van der Waals surface area contributed by atoms with Crippen molar-refractivity contribution in [3.05, 3.63) is 64.3 Å². The topological polar surface area (TPSA) is 33.2 Å². The molecule has 5 heteroatoms. The highest BCUT2D eigenvalue weighted by Crippen LogP contribution is 2.37. The van der Waals surface area contributed by atoms with Crippen LogP contribution in [0.15, 0.2) is 47.6 Å². The Labute approximate surface area is 139 Å². The van der Waals surface area contributed by atoms with E-state index in [-0.39, 0.29) is 5.91 Å². The van der Waals surface area contributed by atoms with Gasteiger partial charge >= 0.3 is 0 Å². The summed E-state index contributed by atoms with van der Waals surface area (Å²) in [5.74, 6) is -0.0780. The first kappa shape index (κ1) is 14.9. The van der Waals surface area contributed by atoms with Gasteiger partial charge in [0.2, 0.25) is 0 Å². The van der Waals surface area contributed by atoms with Gasteiger partial charge in [-0.3, -0.25) is 14.7 Å². The van der Waals surface area contributed by atoms with Gasteiger partial charge in [-0.1, -0.05) is 47.7 Å². The van der Waals surface area contributed by atoms with Crippen molar-refractivity contribution in [1.29, 1.82) is 0 Å². The van der Waals surface area contributed by atoms with E-state index < -0.39 is 0 Å². The fraction of sp³-hybridized carbons (Fsp3) is 0.118. The van der Waals surface area contributed by atoms with Crippen molar-refractivity contribution >= 4 is 46.0 Å². The van der Waals surface area contributed by atoms with Crippen LogP contribution in [0.25, 0.3) is 6.08 Å². The third-order valence-electron chi connectivity index (χ3n) is 3.37. The number of rotatable bonds is 2. The van der Waals surface area contributed by atoms with Crippen LogP contribution in [0.2, 0.25) is 0 Å². The molecule has 3 rings (SSSR count). The number of aryl methyl sites for hydroxylation is 2. The lowest BCUT2D eigenvalue weighted by Crippen LogP contribution is -2.28. The second-order valence-electron chi connectivity index (χ2n) is 5.09. The molecule has 0 atom stereocenters. The molecule has 1 fully saturated rings. The second kappa shape index (κ2) is 6.02. The maximum Gasteiger partial charge on any atom is 0.270 e. The minimum atomic E-state index is -0.0780. The van der Waals surface area contributed by atoms with Crippen LogP contribution in [0.5, 0.6) is 0 Å². The van der Waals surface area contributed by atoms with E-state index >= 15 is 0 Å². The van der Waals surface area contributed by atoms with Gasteiger partial charge in [0.15, 0.2) is 4.32 Å². The number of anilines is 1. The van der Waals surface area contributed by atoms with E-state index in [9.17, 15) is 4.79 Å². The van der Waals surface area contributed by atoms with Crippen molar-refractivity contribution in [2.24, 2.45) is 0 Å². The minimum absolute atomic E-state index is 0.0780. The minimum Gasteiger partial charge on any atom is -0.268 e. The second-order valence-corrected chi connectivity index (χ2v) is 6.77. The molecule has 2 aromatic rings. The lowest BCUT2D eigenvalue weighted by atomic mass is 10.1. The number of carbonyl (C=O) groups is 1. The van der Waals surface area contributed by atoms with E-state index in [1.165, 1.54) is 11.8 Å². The van der Waals surface area contributed by atoms with Crippen molar-refractivity contribution in [3.8, 4) is 0 Å². The Morgan fingerprint density at radius 2 is 2.09 bits per heavy atom. The van der Waals surface area contributed by atoms with E-state index in [1.807, 2.05) is 44.2 Å². The number of hydrogen-bond donors (Lipinski definition) is 0. The zero-order valence-corrected chi connectivity index (χ0v) is 13.9. The molecule has 1 amide bonds. The summed E-state index contributed by atoms with van der Waals surface area (Å²) in [6, 6.07) is 9.75. The summed E-state index contributed by atoms with van der Waals surface area (Å²) in [5, 5.41) is 0. The van der Waals surface area contributed by atoms with E-state index in [0.29, 0.717) is 9.23 Å². The van der Waals surface area contributed by atoms with Gasteiger partial charge in [0.25, 0.3) is 5.91 Å². The molecule has 1 aromatic heterocycles. The zero-order chi connectivity index (χ0) is 15.7. The van der Waals surface area contributed by atoms with Gasteiger partial charge in [-0.15, -0.1) is 0 Å². The molecule has 3 nitrogen and oxygen atoms in total. The molecule has 1 saturated heterocycles. The number of amides is 1. The average Bonchev–Trinajstić information content (AvgIpc) is 2.75. The van der Waals surface area contributed by atoms with Crippen LogP contribution in [-0.4, -0.2) is 15.2 Å². The van der Waals surface area contributed by atoms with Gasteiger partial charge in [0.1, 0.15) is 0 Å². The SMILES string of the molecule is Cc1ccc(N2C(=O)/C(=C/c3cccnc3)SC2=S)c(C)c1. The van der Waals surface area contributed by atoms with Crippen LogP contribution in [0.3, 0.4) is 0 Å². The molecule has 110 valence electrons. The van der Waals surface area contributed by atoms with Gasteiger partial charge in [-0.05, 0) is 43.2 Å². The fourth-order valence-electron chi connectivity index (χ4n) is 2.34. The Bertz CT molecular complexity index is 785. The summed E-state index contributed by atoms with van der Waals surface area (Å²) in [5.41, 5.74) is 3.95. The van der Waals surface area contributed by atoms with Gasteiger partial charge < -0.3 is 0 Å². The number of thioether (sulfide) groups is 1. The number of hydrogen-bond acceptors (Lipinski definition) is 4. The van der Waals surface area contributed by atoms with Gasteiger partial charge in [0, 0.05) is 12.4 Å². The number of nitrogens with zero attached hydrogens (tertiary/aromatic N) is 2. The van der Waals surface area contributed by atoms with Crippen LogP contribution in [-0.2, 0) is 4.79 Å². The van der Waals surface area contributed by atoms with Crippen molar-refractivity contribution < 1.29 is 4.79 Å². The van der Waals surface area contributed by atoms with Crippen molar-refractivity contribution in [2.45, 2.75) is 13.8 Å². The van der Waals surface area contributed by atoms with Crippen LogP contribution in [0.1, 0.15) is 16.7 Å².